The summed E-state index contributed by atoms with van der Waals surface area (Å²) >= 11 is 0. The molecule has 0 amide bonds. The van der Waals surface area contributed by atoms with Crippen molar-refractivity contribution < 1.29 is 4.74 Å². The van der Waals surface area contributed by atoms with E-state index < -0.39 is 0 Å². The van der Waals surface area contributed by atoms with Crippen LogP contribution in [0.4, 0.5) is 0 Å². The molecule has 0 atom stereocenters. The van der Waals surface area contributed by atoms with Crippen LogP contribution in [0.15, 0.2) is 12.5 Å². The van der Waals surface area contributed by atoms with E-state index in [1.807, 2.05) is 12.5 Å². The van der Waals surface area contributed by atoms with Crippen molar-refractivity contribution in [3.05, 3.63) is 18.2 Å². The van der Waals surface area contributed by atoms with Crippen molar-refractivity contribution in [2.45, 2.75) is 40.3 Å². The Kier molecular flexibility index (Phi) is 5.65. The van der Waals surface area contributed by atoms with Crippen molar-refractivity contribution in [3.8, 4) is 0 Å². The Morgan fingerprint density at radius 1 is 1.47 bits per heavy atom. The largest absolute Gasteiger partial charge is 0.385 e. The smallest absolute Gasteiger partial charge is 0.0948 e. The van der Waals surface area contributed by atoms with Gasteiger partial charge in [0.25, 0.3) is 0 Å². The van der Waals surface area contributed by atoms with Crippen LogP contribution < -0.4 is 5.32 Å². The summed E-state index contributed by atoms with van der Waals surface area (Å²) in [5.41, 5.74) is 1.48. The first-order valence-electron chi connectivity index (χ1n) is 6.27. The molecule has 98 valence electrons. The quantitative estimate of drug-likeness (QED) is 0.754. The van der Waals surface area contributed by atoms with Gasteiger partial charge in [0.1, 0.15) is 0 Å². The van der Waals surface area contributed by atoms with Gasteiger partial charge in [-0.2, -0.15) is 0 Å². The fourth-order valence-corrected chi connectivity index (χ4v) is 1.81. The van der Waals surface area contributed by atoms with Gasteiger partial charge in [-0.3, -0.25) is 0 Å². The van der Waals surface area contributed by atoms with Crippen LogP contribution in [0.25, 0.3) is 0 Å². The maximum absolute atomic E-state index is 5.15. The molecule has 1 rings (SSSR count). The monoisotopic (exact) mass is 239 g/mol. The molecule has 0 bridgehead atoms. The maximum Gasteiger partial charge on any atom is 0.0948 e. The second-order valence-corrected chi connectivity index (χ2v) is 5.20. The number of imidazole rings is 1. The third-order valence-corrected chi connectivity index (χ3v) is 2.94. The zero-order valence-electron chi connectivity index (χ0n) is 11.5. The van der Waals surface area contributed by atoms with Crippen LogP contribution in [0.5, 0.6) is 0 Å². The van der Waals surface area contributed by atoms with E-state index in [0.29, 0.717) is 0 Å². The normalized spacial score (nSPS) is 12.0. The topological polar surface area (TPSA) is 39.1 Å². The highest BCUT2D eigenvalue weighted by Crippen LogP contribution is 2.23. The van der Waals surface area contributed by atoms with Crippen molar-refractivity contribution in [2.24, 2.45) is 5.41 Å². The average molecular weight is 239 g/mol. The van der Waals surface area contributed by atoms with Crippen molar-refractivity contribution >= 4 is 0 Å². The number of hydrogen-bond acceptors (Lipinski definition) is 3. The van der Waals surface area contributed by atoms with Crippen LogP contribution in [0.1, 0.15) is 32.9 Å². The summed E-state index contributed by atoms with van der Waals surface area (Å²) in [6.07, 6.45) is 4.92. The number of rotatable bonds is 8. The van der Waals surface area contributed by atoms with Gasteiger partial charge in [-0.15, -0.1) is 0 Å². The number of ether oxygens (including phenoxy) is 1. The summed E-state index contributed by atoms with van der Waals surface area (Å²) in [7, 11) is 1.75. The number of hydrogen-bond donors (Lipinski definition) is 1. The molecule has 0 spiro atoms. The van der Waals surface area contributed by atoms with Gasteiger partial charge < -0.3 is 14.6 Å². The molecule has 0 unspecified atom stereocenters. The zero-order valence-corrected chi connectivity index (χ0v) is 11.5. The second kappa shape index (κ2) is 6.77. The molecule has 0 fully saturated rings. The maximum atomic E-state index is 5.15. The number of aromatic nitrogens is 2. The van der Waals surface area contributed by atoms with Gasteiger partial charge >= 0.3 is 0 Å². The Morgan fingerprint density at radius 2 is 2.24 bits per heavy atom. The standard InChI is InChI=1S/C13H25N3O/c1-5-14-8-12-9-15-11-16(12)10-13(2,3)6-7-17-4/h9,11,14H,5-8,10H2,1-4H3. The molecule has 0 saturated carbocycles. The van der Waals surface area contributed by atoms with E-state index in [-0.39, 0.29) is 5.41 Å². The van der Waals surface area contributed by atoms with E-state index in [4.69, 9.17) is 4.74 Å². The van der Waals surface area contributed by atoms with E-state index in [1.165, 1.54) is 5.69 Å². The molecule has 1 aromatic rings. The van der Waals surface area contributed by atoms with Gasteiger partial charge in [0, 0.05) is 33.0 Å². The van der Waals surface area contributed by atoms with Crippen LogP contribution >= 0.6 is 0 Å². The second-order valence-electron chi connectivity index (χ2n) is 5.20. The first-order chi connectivity index (χ1) is 8.09. The first kappa shape index (κ1) is 14.2. The molecule has 1 N–H and O–H groups in total. The lowest BCUT2D eigenvalue weighted by atomic mass is 9.89. The minimum absolute atomic E-state index is 0.234. The molecular weight excluding hydrogens is 214 g/mol. The van der Waals surface area contributed by atoms with Crippen LogP contribution in [0, 0.1) is 5.41 Å². The molecule has 0 radical (unpaired) electrons. The van der Waals surface area contributed by atoms with Gasteiger partial charge in [-0.25, -0.2) is 4.98 Å². The molecular formula is C13H25N3O. The van der Waals surface area contributed by atoms with Gasteiger partial charge in [0.2, 0.25) is 0 Å². The predicted octanol–water partition coefficient (Wildman–Crippen LogP) is 2.06. The molecule has 0 aliphatic rings. The molecule has 0 aliphatic heterocycles. The lowest BCUT2D eigenvalue weighted by molar-refractivity contribution is 0.142. The van der Waals surface area contributed by atoms with E-state index in [2.05, 4.69) is 35.6 Å². The van der Waals surface area contributed by atoms with Gasteiger partial charge in [0.05, 0.1) is 12.0 Å². The van der Waals surface area contributed by atoms with Crippen LogP contribution in [-0.4, -0.2) is 29.8 Å². The molecule has 17 heavy (non-hydrogen) atoms. The summed E-state index contributed by atoms with van der Waals surface area (Å²) in [6.45, 7) is 10.3. The van der Waals surface area contributed by atoms with E-state index >= 15 is 0 Å². The summed E-state index contributed by atoms with van der Waals surface area (Å²) in [5, 5.41) is 3.33. The highest BCUT2D eigenvalue weighted by Gasteiger charge is 2.19. The summed E-state index contributed by atoms with van der Waals surface area (Å²) < 4.78 is 7.39. The summed E-state index contributed by atoms with van der Waals surface area (Å²) in [4.78, 5) is 4.23. The Labute approximate surface area is 104 Å². The highest BCUT2D eigenvalue weighted by atomic mass is 16.5. The van der Waals surface area contributed by atoms with Gasteiger partial charge in [0.15, 0.2) is 0 Å². The summed E-state index contributed by atoms with van der Waals surface area (Å²) in [5.74, 6) is 0. The fourth-order valence-electron chi connectivity index (χ4n) is 1.81. The third-order valence-electron chi connectivity index (χ3n) is 2.94. The molecule has 1 aromatic heterocycles. The van der Waals surface area contributed by atoms with Gasteiger partial charge in [-0.05, 0) is 18.4 Å². The lowest BCUT2D eigenvalue weighted by Gasteiger charge is -2.25. The van der Waals surface area contributed by atoms with E-state index in [9.17, 15) is 0 Å². The minimum Gasteiger partial charge on any atom is -0.385 e. The fraction of sp³-hybridized carbons (Fsp3) is 0.769. The average Bonchev–Trinajstić information content (AvgIpc) is 2.70. The Bertz CT molecular complexity index is 320. The van der Waals surface area contributed by atoms with Gasteiger partial charge in [-0.1, -0.05) is 20.8 Å². The SMILES string of the molecule is CCNCc1cncn1CC(C)(C)CCOC. The van der Waals surface area contributed by atoms with E-state index in [1.54, 1.807) is 7.11 Å². The molecule has 0 aliphatic carbocycles. The Hall–Kier alpha value is -0.870. The summed E-state index contributed by atoms with van der Waals surface area (Å²) in [6, 6.07) is 0. The molecule has 0 saturated heterocycles. The molecule has 0 aromatic carbocycles. The van der Waals surface area contributed by atoms with E-state index in [0.717, 1.165) is 32.7 Å². The van der Waals surface area contributed by atoms with Crippen LogP contribution in [0.2, 0.25) is 0 Å². The first-order valence-corrected chi connectivity index (χ1v) is 6.27. The highest BCUT2D eigenvalue weighted by molar-refractivity contribution is 4.98. The van der Waals surface area contributed by atoms with Crippen molar-refractivity contribution in [3.63, 3.8) is 0 Å². The Morgan fingerprint density at radius 3 is 2.88 bits per heavy atom. The third kappa shape index (κ3) is 4.88. The van der Waals surface area contributed by atoms with Crippen molar-refractivity contribution in [1.82, 2.24) is 14.9 Å². The zero-order chi connectivity index (χ0) is 12.7. The molecule has 4 nitrogen and oxygen atoms in total. The Balaban J connectivity index is 2.57. The minimum atomic E-state index is 0.234. The molecule has 4 heteroatoms. The van der Waals surface area contributed by atoms with Crippen LogP contribution in [-0.2, 0) is 17.8 Å². The number of nitrogens with one attached hydrogen (secondary N) is 1. The van der Waals surface area contributed by atoms with Crippen molar-refractivity contribution in [1.29, 1.82) is 0 Å². The van der Waals surface area contributed by atoms with Crippen molar-refractivity contribution in [2.75, 3.05) is 20.3 Å². The number of methoxy groups -OCH3 is 1. The molecule has 1 heterocycles. The number of nitrogens with zero attached hydrogens (tertiary/aromatic N) is 2. The lowest BCUT2D eigenvalue weighted by Crippen LogP contribution is -2.24. The van der Waals surface area contributed by atoms with Crippen LogP contribution in [0.3, 0.4) is 0 Å². The predicted molar refractivity (Wildman–Crippen MR) is 69.9 cm³/mol.